The first-order chi connectivity index (χ1) is 2.77. The van der Waals surface area contributed by atoms with E-state index in [0.29, 0.717) is 0 Å². The summed E-state index contributed by atoms with van der Waals surface area (Å²) < 4.78 is 9.30. The Morgan fingerprint density at radius 2 is 2.33 bits per heavy atom. The van der Waals surface area contributed by atoms with Crippen molar-refractivity contribution < 1.29 is 9.36 Å². The van der Waals surface area contributed by atoms with Crippen LogP contribution < -0.4 is 5.09 Å². The second kappa shape index (κ2) is 3.07. The molecule has 0 rings (SSSR count). The van der Waals surface area contributed by atoms with Gasteiger partial charge < -0.3 is 0 Å². The third-order valence-electron chi connectivity index (χ3n) is 0.134. The first-order valence-corrected chi connectivity index (χ1v) is 2.24. The van der Waals surface area contributed by atoms with Crippen LogP contribution in [0.25, 0.3) is 0 Å². The molecule has 0 fully saturated rings. The van der Waals surface area contributed by atoms with E-state index in [1.54, 1.807) is 5.09 Å². The molecule has 5 heteroatoms. The maximum atomic E-state index is 9.49. The monoisotopic (exact) mass is 125 g/mol. The first-order valence-electron chi connectivity index (χ1n) is 1.05. The lowest BCUT2D eigenvalue weighted by atomic mass is 11.5. The number of amides is 1. The quantitative estimate of drug-likeness (QED) is 0.325. The third kappa shape index (κ3) is 3.86. The van der Waals surface area contributed by atoms with E-state index in [0.717, 1.165) is 0 Å². The Hall–Kier alpha value is -0.140. The zero-order valence-electron chi connectivity index (χ0n) is 2.64. The molecule has 0 spiro atoms. The summed E-state index contributed by atoms with van der Waals surface area (Å²) in [7, 11) is -0.458. The molecule has 0 saturated carbocycles. The van der Waals surface area contributed by atoms with Gasteiger partial charge >= 0.3 is 5.37 Å². The van der Waals surface area contributed by atoms with E-state index in [9.17, 15) is 9.36 Å². The van der Waals surface area contributed by atoms with Gasteiger partial charge in [-0.2, -0.15) is 0 Å². The minimum atomic E-state index is -0.813. The van der Waals surface area contributed by atoms with Crippen LogP contribution in [0.3, 0.4) is 0 Å². The fraction of sp³-hybridized carbons (Fsp3) is 0. The normalized spacial score (nSPS) is 8.17. The minimum Gasteiger partial charge on any atom is -0.261 e. The molecule has 0 heterocycles. The molecule has 0 aliphatic rings. The molecular formula is CHClNO2P. The maximum Gasteiger partial charge on any atom is 0.323 e. The van der Waals surface area contributed by atoms with Gasteiger partial charge in [0.1, 0.15) is 0 Å². The fourth-order valence-electron chi connectivity index (χ4n) is 0.0359. The van der Waals surface area contributed by atoms with Crippen LogP contribution in [-0.2, 0) is 4.57 Å². The lowest BCUT2D eigenvalue weighted by Crippen LogP contribution is -1.98. The van der Waals surface area contributed by atoms with Gasteiger partial charge in [0.25, 0.3) is 8.61 Å². The van der Waals surface area contributed by atoms with Gasteiger partial charge in [-0.25, -0.2) is 4.57 Å². The smallest absolute Gasteiger partial charge is 0.261 e. The lowest BCUT2D eigenvalue weighted by Gasteiger charge is -1.73. The number of hydrogen-bond acceptors (Lipinski definition) is 2. The summed E-state index contributed by atoms with van der Waals surface area (Å²) >= 11 is 4.62. The Morgan fingerprint density at radius 1 is 1.83 bits per heavy atom. The van der Waals surface area contributed by atoms with Crippen LogP contribution in [0.15, 0.2) is 0 Å². The van der Waals surface area contributed by atoms with Gasteiger partial charge in [0.05, 0.1) is 0 Å². The summed E-state index contributed by atoms with van der Waals surface area (Å²) in [5.41, 5.74) is 0. The van der Waals surface area contributed by atoms with E-state index in [2.05, 4.69) is 11.6 Å². The number of halogens is 1. The van der Waals surface area contributed by atoms with Gasteiger partial charge in [0.15, 0.2) is 0 Å². The van der Waals surface area contributed by atoms with Crippen LogP contribution in [0.4, 0.5) is 4.79 Å². The van der Waals surface area contributed by atoms with Crippen molar-refractivity contribution in [1.82, 2.24) is 5.09 Å². The van der Waals surface area contributed by atoms with Crippen LogP contribution in [0, 0.1) is 0 Å². The average Bonchev–Trinajstić information content (AvgIpc) is 1.35. The third-order valence-corrected chi connectivity index (χ3v) is 0.654. The van der Waals surface area contributed by atoms with E-state index in [1.807, 2.05) is 0 Å². The van der Waals surface area contributed by atoms with Gasteiger partial charge in [-0.05, 0) is 11.6 Å². The molecule has 0 bridgehead atoms. The fourth-order valence-corrected chi connectivity index (χ4v) is 0.211. The number of nitrogens with one attached hydrogen (secondary N) is 1. The molecule has 0 aromatic rings. The van der Waals surface area contributed by atoms with E-state index in [1.165, 1.54) is 0 Å². The van der Waals surface area contributed by atoms with Crippen LogP contribution in [0.2, 0.25) is 0 Å². The Labute approximate surface area is 40.9 Å². The SMILES string of the molecule is O=PNC(=O)Cl. The molecule has 1 amide bonds. The van der Waals surface area contributed by atoms with Crippen molar-refractivity contribution >= 4 is 25.6 Å². The molecule has 0 aliphatic heterocycles. The van der Waals surface area contributed by atoms with Gasteiger partial charge in [0.2, 0.25) is 0 Å². The lowest BCUT2D eigenvalue weighted by molar-refractivity contribution is 0.264. The Bertz CT molecular complexity index is 73.9. The molecule has 0 unspecified atom stereocenters. The summed E-state index contributed by atoms with van der Waals surface area (Å²) in [6.45, 7) is 0. The molecule has 0 atom stereocenters. The zero-order chi connectivity index (χ0) is 4.99. The first kappa shape index (κ1) is 5.86. The summed E-state index contributed by atoms with van der Waals surface area (Å²) in [6, 6.07) is 0. The van der Waals surface area contributed by atoms with Crippen molar-refractivity contribution in [2.75, 3.05) is 0 Å². The van der Waals surface area contributed by atoms with Gasteiger partial charge in [-0.15, -0.1) is 0 Å². The maximum absolute atomic E-state index is 9.49. The Morgan fingerprint density at radius 3 is 2.33 bits per heavy atom. The summed E-state index contributed by atoms with van der Waals surface area (Å²) in [5.74, 6) is 0. The predicted octanol–water partition coefficient (Wildman–Crippen LogP) is 1.14. The molecule has 0 aliphatic carbocycles. The van der Waals surface area contributed by atoms with Crippen LogP contribution in [0.5, 0.6) is 0 Å². The summed E-state index contributed by atoms with van der Waals surface area (Å²) in [6.07, 6.45) is 0. The molecule has 1 N–H and O–H groups in total. The minimum absolute atomic E-state index is 0.458. The van der Waals surface area contributed by atoms with Crippen molar-refractivity contribution in [1.29, 1.82) is 0 Å². The van der Waals surface area contributed by atoms with Gasteiger partial charge in [-0.3, -0.25) is 9.88 Å². The predicted molar refractivity (Wildman–Crippen MR) is 22.0 cm³/mol. The largest absolute Gasteiger partial charge is 0.323 e. The highest BCUT2D eigenvalue weighted by Crippen LogP contribution is 1.84. The number of hydrogen-bond donors (Lipinski definition) is 1. The number of carbonyl (C=O) groups is 1. The van der Waals surface area contributed by atoms with Crippen molar-refractivity contribution in [3.05, 3.63) is 0 Å². The highest BCUT2D eigenvalue weighted by Gasteiger charge is 1.84. The highest BCUT2D eigenvalue weighted by molar-refractivity contribution is 7.23. The van der Waals surface area contributed by atoms with Crippen LogP contribution in [-0.4, -0.2) is 5.37 Å². The molecule has 0 radical (unpaired) electrons. The van der Waals surface area contributed by atoms with E-state index < -0.39 is 14.0 Å². The number of rotatable bonds is 1. The van der Waals surface area contributed by atoms with E-state index >= 15 is 0 Å². The molecule has 3 nitrogen and oxygen atoms in total. The Kier molecular flexibility index (Phi) is 2.99. The van der Waals surface area contributed by atoms with Crippen molar-refractivity contribution in [3.63, 3.8) is 0 Å². The van der Waals surface area contributed by atoms with Crippen molar-refractivity contribution in [2.45, 2.75) is 0 Å². The van der Waals surface area contributed by atoms with Gasteiger partial charge in [-0.1, -0.05) is 0 Å². The second-order valence-corrected chi connectivity index (χ2v) is 1.23. The Balaban J connectivity index is 3.05. The highest BCUT2D eigenvalue weighted by atomic mass is 35.5. The van der Waals surface area contributed by atoms with E-state index in [4.69, 9.17) is 0 Å². The van der Waals surface area contributed by atoms with Crippen LogP contribution >= 0.6 is 20.2 Å². The molecule has 0 aromatic heterocycles. The van der Waals surface area contributed by atoms with E-state index in [-0.39, 0.29) is 0 Å². The summed E-state index contributed by atoms with van der Waals surface area (Å²) in [5, 5.41) is 0.938. The zero-order valence-corrected chi connectivity index (χ0v) is 4.29. The van der Waals surface area contributed by atoms with Crippen molar-refractivity contribution in [2.24, 2.45) is 0 Å². The summed E-state index contributed by atoms with van der Waals surface area (Å²) in [4.78, 5) is 9.49. The van der Waals surface area contributed by atoms with Crippen LogP contribution in [0.1, 0.15) is 0 Å². The average molecular weight is 125 g/mol. The molecule has 34 valence electrons. The molecule has 0 aromatic carbocycles. The molecule has 0 saturated heterocycles. The second-order valence-electron chi connectivity index (χ2n) is 0.477. The number of carbonyl (C=O) groups excluding carboxylic acids is 1. The molecular weight excluding hydrogens is 124 g/mol. The van der Waals surface area contributed by atoms with Crippen molar-refractivity contribution in [3.8, 4) is 0 Å². The standard InChI is InChI=1S/CHClNO2P/c2-1(4)3-6-5/h(H,3,4,5). The van der Waals surface area contributed by atoms with Gasteiger partial charge in [0, 0.05) is 0 Å². The topological polar surface area (TPSA) is 46.2 Å². The molecule has 6 heavy (non-hydrogen) atoms.